The Morgan fingerprint density at radius 3 is 2.75 bits per heavy atom. The summed E-state index contributed by atoms with van der Waals surface area (Å²) in [5.41, 5.74) is 2.61. The molecule has 0 saturated carbocycles. The van der Waals surface area contributed by atoms with Gasteiger partial charge >= 0.3 is 0 Å². The third-order valence-corrected chi connectivity index (χ3v) is 5.46. The van der Waals surface area contributed by atoms with E-state index in [0.717, 1.165) is 11.3 Å². The van der Waals surface area contributed by atoms with Crippen LogP contribution in [-0.2, 0) is 16.1 Å². The van der Waals surface area contributed by atoms with E-state index in [-0.39, 0.29) is 25.0 Å². The minimum absolute atomic E-state index is 0.192. The molecule has 1 N–H and O–H groups in total. The SMILES string of the molecule is Cc1noc(C)c1CN1C(=O)C(C)Oc2ccc(NC(=O)COc3ccccc3Cl)cc21. The van der Waals surface area contributed by atoms with E-state index in [1.807, 2.05) is 6.92 Å². The number of rotatable bonds is 6. The molecule has 4 rings (SSSR count). The maximum Gasteiger partial charge on any atom is 0.268 e. The summed E-state index contributed by atoms with van der Waals surface area (Å²) in [7, 11) is 0. The van der Waals surface area contributed by atoms with Crippen LogP contribution in [0.25, 0.3) is 0 Å². The van der Waals surface area contributed by atoms with Gasteiger partial charge in [-0.1, -0.05) is 28.9 Å². The quantitative estimate of drug-likeness (QED) is 0.596. The van der Waals surface area contributed by atoms with Gasteiger partial charge in [-0.25, -0.2) is 0 Å². The zero-order valence-corrected chi connectivity index (χ0v) is 18.6. The number of carbonyl (C=O) groups is 2. The highest BCUT2D eigenvalue weighted by molar-refractivity contribution is 6.32. The molecule has 2 heterocycles. The fourth-order valence-corrected chi connectivity index (χ4v) is 3.63. The largest absolute Gasteiger partial charge is 0.482 e. The van der Waals surface area contributed by atoms with Crippen LogP contribution in [0.1, 0.15) is 23.9 Å². The summed E-state index contributed by atoms with van der Waals surface area (Å²) in [5, 5.41) is 7.17. The van der Waals surface area contributed by atoms with Crippen LogP contribution in [-0.4, -0.2) is 29.7 Å². The number of hydrogen-bond donors (Lipinski definition) is 1. The molecule has 1 atom stereocenters. The lowest BCUT2D eigenvalue weighted by Gasteiger charge is -2.33. The van der Waals surface area contributed by atoms with E-state index in [4.69, 9.17) is 25.6 Å². The first-order chi connectivity index (χ1) is 15.3. The van der Waals surface area contributed by atoms with Gasteiger partial charge in [-0.15, -0.1) is 0 Å². The summed E-state index contributed by atoms with van der Waals surface area (Å²) in [6.45, 7) is 5.41. The van der Waals surface area contributed by atoms with Gasteiger partial charge < -0.3 is 24.2 Å². The Morgan fingerprint density at radius 1 is 1.25 bits per heavy atom. The summed E-state index contributed by atoms with van der Waals surface area (Å²) >= 11 is 6.05. The van der Waals surface area contributed by atoms with Gasteiger partial charge in [0.15, 0.2) is 12.7 Å². The third-order valence-electron chi connectivity index (χ3n) is 5.14. The van der Waals surface area contributed by atoms with Gasteiger partial charge in [0, 0.05) is 11.3 Å². The van der Waals surface area contributed by atoms with Crippen LogP contribution in [0, 0.1) is 13.8 Å². The average molecular weight is 456 g/mol. The van der Waals surface area contributed by atoms with Crippen molar-refractivity contribution in [3.05, 3.63) is 64.5 Å². The number of amides is 2. The predicted molar refractivity (Wildman–Crippen MR) is 119 cm³/mol. The van der Waals surface area contributed by atoms with E-state index in [1.165, 1.54) is 0 Å². The first-order valence-corrected chi connectivity index (χ1v) is 10.4. The lowest BCUT2D eigenvalue weighted by molar-refractivity contribution is -0.125. The Kier molecular flexibility index (Phi) is 6.05. The number of carbonyl (C=O) groups excluding carboxylic acids is 2. The minimum atomic E-state index is -0.632. The molecule has 9 heteroatoms. The predicted octanol–water partition coefficient (Wildman–Crippen LogP) is 4.28. The normalized spacial score (nSPS) is 15.2. The van der Waals surface area contributed by atoms with Crippen LogP contribution in [0.15, 0.2) is 47.0 Å². The standard InChI is InChI=1S/C23H22ClN3O5/c1-13-17(14(2)32-26-13)11-27-19-10-16(8-9-21(19)31-15(3)23(27)29)25-22(28)12-30-20-7-5-4-6-18(20)24/h4-10,15H,11-12H2,1-3H3,(H,25,28). The van der Waals surface area contributed by atoms with Crippen LogP contribution in [0.4, 0.5) is 11.4 Å². The fourth-order valence-electron chi connectivity index (χ4n) is 3.44. The highest BCUT2D eigenvalue weighted by Crippen LogP contribution is 2.37. The smallest absolute Gasteiger partial charge is 0.268 e. The Balaban J connectivity index is 1.53. The Labute approximate surface area is 190 Å². The van der Waals surface area contributed by atoms with Crippen LogP contribution >= 0.6 is 11.6 Å². The van der Waals surface area contributed by atoms with Crippen LogP contribution in [0.3, 0.4) is 0 Å². The zero-order chi connectivity index (χ0) is 22.8. The monoisotopic (exact) mass is 455 g/mol. The van der Waals surface area contributed by atoms with Crippen molar-refractivity contribution in [2.24, 2.45) is 0 Å². The topological polar surface area (TPSA) is 93.9 Å². The molecule has 0 fully saturated rings. The van der Waals surface area contributed by atoms with Crippen molar-refractivity contribution in [1.29, 1.82) is 0 Å². The number of nitrogens with one attached hydrogen (secondary N) is 1. The second-order valence-corrected chi connectivity index (χ2v) is 7.84. The molecule has 0 aliphatic carbocycles. The number of aromatic nitrogens is 1. The lowest BCUT2D eigenvalue weighted by Crippen LogP contribution is -2.44. The molecule has 0 saturated heterocycles. The molecule has 8 nitrogen and oxygen atoms in total. The van der Waals surface area contributed by atoms with E-state index in [2.05, 4.69) is 10.5 Å². The van der Waals surface area contributed by atoms with E-state index in [9.17, 15) is 9.59 Å². The van der Waals surface area contributed by atoms with Crippen molar-refractivity contribution in [3.63, 3.8) is 0 Å². The molecule has 3 aromatic rings. The van der Waals surface area contributed by atoms with Gasteiger partial charge in [0.2, 0.25) is 0 Å². The molecule has 2 aromatic carbocycles. The molecule has 2 amide bonds. The number of halogens is 1. The van der Waals surface area contributed by atoms with Gasteiger partial charge in [-0.3, -0.25) is 9.59 Å². The van der Waals surface area contributed by atoms with Gasteiger partial charge in [0.05, 0.1) is 22.9 Å². The van der Waals surface area contributed by atoms with E-state index in [1.54, 1.807) is 61.2 Å². The van der Waals surface area contributed by atoms with Crippen molar-refractivity contribution in [1.82, 2.24) is 5.16 Å². The van der Waals surface area contributed by atoms with Crippen molar-refractivity contribution in [3.8, 4) is 11.5 Å². The molecule has 1 aromatic heterocycles. The van der Waals surface area contributed by atoms with Crippen LogP contribution in [0.2, 0.25) is 5.02 Å². The summed E-state index contributed by atoms with van der Waals surface area (Å²) in [4.78, 5) is 26.9. The molecule has 0 bridgehead atoms. The van der Waals surface area contributed by atoms with Gasteiger partial charge in [0.25, 0.3) is 11.8 Å². The first kappa shape index (κ1) is 21.7. The van der Waals surface area contributed by atoms with Crippen LogP contribution in [0.5, 0.6) is 11.5 Å². The average Bonchev–Trinajstić information content (AvgIpc) is 3.08. The van der Waals surface area contributed by atoms with Crippen LogP contribution < -0.4 is 19.7 Å². The van der Waals surface area contributed by atoms with Crippen molar-refractivity contribution in [2.45, 2.75) is 33.4 Å². The Hall–Kier alpha value is -3.52. The molecule has 32 heavy (non-hydrogen) atoms. The van der Waals surface area contributed by atoms with Crippen molar-refractivity contribution in [2.75, 3.05) is 16.8 Å². The van der Waals surface area contributed by atoms with E-state index >= 15 is 0 Å². The number of para-hydroxylation sites is 1. The Morgan fingerprint density at radius 2 is 2.03 bits per heavy atom. The highest BCUT2D eigenvalue weighted by atomic mass is 35.5. The number of nitrogens with zero attached hydrogens (tertiary/aromatic N) is 2. The molecule has 1 unspecified atom stereocenters. The third kappa shape index (κ3) is 4.40. The second-order valence-electron chi connectivity index (χ2n) is 7.44. The molecule has 166 valence electrons. The summed E-state index contributed by atoms with van der Waals surface area (Å²) < 4.78 is 16.5. The maximum absolute atomic E-state index is 12.9. The number of fused-ring (bicyclic) bond motifs is 1. The zero-order valence-electron chi connectivity index (χ0n) is 17.8. The van der Waals surface area contributed by atoms with Gasteiger partial charge in [-0.2, -0.15) is 0 Å². The van der Waals surface area contributed by atoms with E-state index in [0.29, 0.717) is 33.7 Å². The summed E-state index contributed by atoms with van der Waals surface area (Å²) in [6, 6.07) is 12.1. The molecular weight excluding hydrogens is 434 g/mol. The molecule has 1 aliphatic rings. The minimum Gasteiger partial charge on any atom is -0.482 e. The number of hydrogen-bond acceptors (Lipinski definition) is 6. The van der Waals surface area contributed by atoms with Crippen molar-refractivity contribution < 1.29 is 23.6 Å². The highest BCUT2D eigenvalue weighted by Gasteiger charge is 2.33. The number of benzene rings is 2. The van der Waals surface area contributed by atoms with E-state index < -0.39 is 6.10 Å². The molecular formula is C23H22ClN3O5. The maximum atomic E-state index is 12.9. The molecule has 0 radical (unpaired) electrons. The number of anilines is 2. The molecule has 0 spiro atoms. The first-order valence-electron chi connectivity index (χ1n) is 10.0. The van der Waals surface area contributed by atoms with Gasteiger partial charge in [0.1, 0.15) is 17.3 Å². The number of ether oxygens (including phenoxy) is 2. The molecule has 1 aliphatic heterocycles. The summed E-state index contributed by atoms with van der Waals surface area (Å²) in [5.74, 6) is 1.07. The van der Waals surface area contributed by atoms with Gasteiger partial charge in [-0.05, 0) is 51.1 Å². The Bertz CT molecular complexity index is 1160. The van der Waals surface area contributed by atoms with Crippen molar-refractivity contribution >= 4 is 34.8 Å². The number of aryl methyl sites for hydroxylation is 2. The summed E-state index contributed by atoms with van der Waals surface area (Å²) in [6.07, 6.45) is -0.632. The second kappa shape index (κ2) is 8.92. The lowest BCUT2D eigenvalue weighted by atomic mass is 10.1. The fraction of sp³-hybridized carbons (Fsp3) is 0.261.